The molecule has 2 aromatic rings. The van der Waals surface area contributed by atoms with Crippen LogP contribution >= 0.6 is 0 Å². The fourth-order valence-corrected chi connectivity index (χ4v) is 5.52. The Bertz CT molecular complexity index is 1900. The van der Waals surface area contributed by atoms with E-state index in [-0.39, 0.29) is 12.8 Å². The van der Waals surface area contributed by atoms with E-state index in [1.165, 1.54) is 13.8 Å². The van der Waals surface area contributed by atoms with Gasteiger partial charge in [-0.15, -0.1) is 0 Å². The first-order valence-electron chi connectivity index (χ1n) is 19.0. The third-order valence-corrected chi connectivity index (χ3v) is 8.65. The van der Waals surface area contributed by atoms with Crippen molar-refractivity contribution in [1.82, 2.24) is 37.2 Å². The number of benzene rings is 2. The van der Waals surface area contributed by atoms with Crippen LogP contribution in [0.15, 0.2) is 60.7 Å². The van der Waals surface area contributed by atoms with Gasteiger partial charge in [-0.3, -0.25) is 47.9 Å². The fraction of sp³-hybridized carbons (Fsp3) is 0.410. The zero-order valence-electron chi connectivity index (χ0n) is 33.6. The van der Waals surface area contributed by atoms with Gasteiger partial charge in [-0.2, -0.15) is 0 Å². The van der Waals surface area contributed by atoms with Gasteiger partial charge in [0.25, 0.3) is 0 Å². The Labute approximate surface area is 350 Å². The maximum Gasteiger partial charge on any atom is 0.243 e. The van der Waals surface area contributed by atoms with E-state index in [1.807, 2.05) is 0 Å². The Morgan fingerprint density at radius 3 is 1.34 bits per heavy atom. The summed E-state index contributed by atoms with van der Waals surface area (Å²) in [6.07, 6.45) is -2.19. The molecule has 2 aromatic carbocycles. The quantitative estimate of drug-likeness (QED) is 0.0397. The van der Waals surface area contributed by atoms with E-state index in [1.54, 1.807) is 60.7 Å². The number of nitrogens with one attached hydrogen (secondary N) is 7. The van der Waals surface area contributed by atoms with Crippen molar-refractivity contribution in [3.63, 3.8) is 0 Å². The number of carbonyl (C=O) groups is 11. The predicted octanol–water partition coefficient (Wildman–Crippen LogP) is -4.92. The van der Waals surface area contributed by atoms with Crippen molar-refractivity contribution in [3.05, 3.63) is 71.8 Å². The van der Waals surface area contributed by atoms with Gasteiger partial charge in [0.05, 0.1) is 31.5 Å². The normalized spacial score (nSPS) is 14.1. The molecule has 15 N–H and O–H groups in total. The summed E-state index contributed by atoms with van der Waals surface area (Å²) in [5.41, 5.74) is 22.5. The van der Waals surface area contributed by atoms with Crippen molar-refractivity contribution >= 4 is 65.4 Å². The van der Waals surface area contributed by atoms with Gasteiger partial charge in [-0.1, -0.05) is 60.7 Å². The smallest absolute Gasteiger partial charge is 0.243 e. The minimum absolute atomic E-state index is 0.171. The molecular weight excluding hydrogens is 798 g/mol. The first kappa shape index (κ1) is 49.9. The van der Waals surface area contributed by atoms with Gasteiger partial charge >= 0.3 is 0 Å². The maximum atomic E-state index is 14.2. The van der Waals surface area contributed by atoms with Crippen LogP contribution in [-0.4, -0.2) is 114 Å². The Hall–Kier alpha value is -7.23. The van der Waals surface area contributed by atoms with Crippen LogP contribution in [-0.2, 0) is 65.6 Å². The molecule has 0 aromatic heterocycles. The third-order valence-electron chi connectivity index (χ3n) is 8.65. The molecule has 0 bridgehead atoms. The van der Waals surface area contributed by atoms with E-state index < -0.39 is 134 Å². The van der Waals surface area contributed by atoms with Gasteiger partial charge < -0.3 is 64.9 Å². The van der Waals surface area contributed by atoms with Crippen molar-refractivity contribution < 1.29 is 52.7 Å². The van der Waals surface area contributed by atoms with Crippen molar-refractivity contribution in [2.45, 2.75) is 94.7 Å². The Kier molecular flexibility index (Phi) is 20.7. The highest BCUT2D eigenvalue weighted by Gasteiger charge is 2.34. The average molecular weight is 852 g/mol. The molecule has 0 saturated heterocycles. The largest absolute Gasteiger partial charge is 0.370 e. The van der Waals surface area contributed by atoms with E-state index in [0.29, 0.717) is 17.4 Å². The van der Waals surface area contributed by atoms with Crippen LogP contribution in [0.5, 0.6) is 0 Å². The fourth-order valence-electron chi connectivity index (χ4n) is 5.52. The average Bonchev–Trinajstić information content (AvgIpc) is 3.20. The predicted molar refractivity (Wildman–Crippen MR) is 216 cm³/mol. The van der Waals surface area contributed by atoms with Gasteiger partial charge in [-0.05, 0) is 31.4 Å². The van der Waals surface area contributed by atoms with Crippen LogP contribution in [0.3, 0.4) is 0 Å². The number of amides is 10. The summed E-state index contributed by atoms with van der Waals surface area (Å²) < 4.78 is 0. The lowest BCUT2D eigenvalue weighted by Gasteiger charge is -2.27. The zero-order chi connectivity index (χ0) is 45.6. The van der Waals surface area contributed by atoms with Crippen LogP contribution in [0.25, 0.3) is 0 Å². The number of primary amides is 3. The van der Waals surface area contributed by atoms with Gasteiger partial charge in [0.15, 0.2) is 0 Å². The number of hydrogen-bond acceptors (Lipinski definition) is 12. The molecule has 0 aliphatic carbocycles. The van der Waals surface area contributed by atoms with Crippen molar-refractivity contribution in [3.8, 4) is 0 Å². The number of nitrogens with two attached hydrogens (primary N) is 4. The van der Waals surface area contributed by atoms with Crippen molar-refractivity contribution in [2.75, 3.05) is 6.54 Å². The summed E-state index contributed by atoms with van der Waals surface area (Å²) in [7, 11) is 0. The molecule has 22 nitrogen and oxygen atoms in total. The molecule has 330 valence electrons. The molecule has 10 amide bonds. The lowest BCUT2D eigenvalue weighted by atomic mass is 10.0. The standard InChI is InChI=1S/C39H53N11O11/c1-21(20-51)45-36(58)29(18-32(43)54)50-35(57)25(13-14-30(41)52)47-37(59)26(15-23-9-5-3-6-10-23)48-38(60)27(16-24-11-7-4-8-12-24)49-39(61)28(17-31(42)53)46-33(55)19-44-34(56)22(2)40/h3-12,20-22,25-29H,13-19,40H2,1-2H3,(H2,41,52)(H2,42,53)(H2,43,54)(H,44,56)(H,45,58)(H,46,55)(H,47,59)(H,48,60)(H,49,61)(H,50,57)/t21-,22-,25-,26-,27-,28-,29-/m0/s1. The van der Waals surface area contributed by atoms with E-state index in [4.69, 9.17) is 22.9 Å². The van der Waals surface area contributed by atoms with E-state index in [2.05, 4.69) is 37.2 Å². The van der Waals surface area contributed by atoms with Gasteiger partial charge in [0, 0.05) is 19.3 Å². The molecule has 0 heterocycles. The third kappa shape index (κ3) is 18.9. The van der Waals surface area contributed by atoms with Gasteiger partial charge in [0.1, 0.15) is 36.5 Å². The van der Waals surface area contributed by atoms with Gasteiger partial charge in [-0.25, -0.2) is 0 Å². The summed E-state index contributed by atoms with van der Waals surface area (Å²) in [6.45, 7) is 2.12. The minimum atomic E-state index is -1.61. The highest BCUT2D eigenvalue weighted by atomic mass is 16.2. The zero-order valence-corrected chi connectivity index (χ0v) is 33.6. The number of carbonyl (C=O) groups excluding carboxylic acids is 11. The highest BCUT2D eigenvalue weighted by molar-refractivity contribution is 5.99. The van der Waals surface area contributed by atoms with Crippen LogP contribution in [0.2, 0.25) is 0 Å². The minimum Gasteiger partial charge on any atom is -0.370 e. The van der Waals surface area contributed by atoms with E-state index in [9.17, 15) is 52.7 Å². The highest BCUT2D eigenvalue weighted by Crippen LogP contribution is 2.10. The summed E-state index contributed by atoms with van der Waals surface area (Å²) in [5, 5.41) is 16.7. The molecule has 61 heavy (non-hydrogen) atoms. The Morgan fingerprint density at radius 1 is 0.525 bits per heavy atom. The second-order valence-electron chi connectivity index (χ2n) is 14.0. The number of rotatable bonds is 26. The first-order valence-corrected chi connectivity index (χ1v) is 19.0. The van der Waals surface area contributed by atoms with Crippen LogP contribution in [0, 0.1) is 0 Å². The molecule has 0 radical (unpaired) electrons. The van der Waals surface area contributed by atoms with E-state index >= 15 is 0 Å². The van der Waals surface area contributed by atoms with Crippen LogP contribution in [0.1, 0.15) is 50.7 Å². The SMILES string of the molecule is C[C@H](N)C(=O)NCC(=O)N[C@@H](CC(N)=O)C(=O)N[C@@H](Cc1ccccc1)C(=O)N[C@@H](Cc1ccccc1)C(=O)N[C@@H](CCC(N)=O)C(=O)N[C@@H](CC(N)=O)C(=O)N[C@@H](C)C=O. The molecule has 0 spiro atoms. The molecule has 0 fully saturated rings. The molecule has 0 aliphatic heterocycles. The lowest BCUT2D eigenvalue weighted by Crippen LogP contribution is -2.60. The van der Waals surface area contributed by atoms with E-state index in [0.717, 1.165) is 0 Å². The number of aldehydes is 1. The monoisotopic (exact) mass is 851 g/mol. The first-order chi connectivity index (χ1) is 28.8. The summed E-state index contributed by atoms with van der Waals surface area (Å²) >= 11 is 0. The second-order valence-corrected chi connectivity index (χ2v) is 14.0. The topological polar surface area (TPSA) is 376 Å². The molecular formula is C39H53N11O11. The van der Waals surface area contributed by atoms with Crippen LogP contribution < -0.4 is 60.2 Å². The molecule has 0 saturated carbocycles. The Morgan fingerprint density at radius 2 is 0.918 bits per heavy atom. The lowest BCUT2D eigenvalue weighted by molar-refractivity contribution is -0.136. The van der Waals surface area contributed by atoms with Crippen molar-refractivity contribution in [1.29, 1.82) is 0 Å². The molecule has 7 atom stereocenters. The Balaban J connectivity index is 2.48. The summed E-state index contributed by atoms with van der Waals surface area (Å²) in [4.78, 5) is 139. The molecule has 2 rings (SSSR count). The molecule has 0 aliphatic rings. The van der Waals surface area contributed by atoms with Gasteiger partial charge in [0.2, 0.25) is 59.1 Å². The molecule has 22 heteroatoms. The number of hydrogen-bond donors (Lipinski definition) is 11. The summed E-state index contributed by atoms with van der Waals surface area (Å²) in [6, 6.07) is 6.97. The van der Waals surface area contributed by atoms with Crippen LogP contribution in [0.4, 0.5) is 0 Å². The maximum absolute atomic E-state index is 14.2. The second kappa shape index (κ2) is 25.3. The molecule has 0 unspecified atom stereocenters. The summed E-state index contributed by atoms with van der Waals surface area (Å²) in [5.74, 6) is -9.30. The van der Waals surface area contributed by atoms with Crippen molar-refractivity contribution in [2.24, 2.45) is 22.9 Å².